The molecule has 9 heteroatoms. The van der Waals surface area contributed by atoms with E-state index in [1.807, 2.05) is 57.2 Å². The minimum Gasteiger partial charge on any atom is -0.481 e. The average molecular weight is 494 g/mol. The van der Waals surface area contributed by atoms with Crippen LogP contribution in [0.25, 0.3) is 22.4 Å². The van der Waals surface area contributed by atoms with Crippen molar-refractivity contribution in [3.63, 3.8) is 0 Å². The van der Waals surface area contributed by atoms with Crippen LogP contribution in [0.3, 0.4) is 0 Å². The summed E-state index contributed by atoms with van der Waals surface area (Å²) in [5.41, 5.74) is 1.99. The smallest absolute Gasteiger partial charge is 0.407 e. The molecule has 8 nitrogen and oxygen atoms in total. The van der Waals surface area contributed by atoms with Crippen LogP contribution >= 0.6 is 0 Å². The largest absolute Gasteiger partial charge is 0.481 e. The molecule has 1 aromatic carbocycles. The molecule has 0 spiro atoms. The summed E-state index contributed by atoms with van der Waals surface area (Å²) in [5, 5.41) is 6.27. The van der Waals surface area contributed by atoms with Gasteiger partial charge in [0.05, 0.1) is 13.3 Å². The summed E-state index contributed by atoms with van der Waals surface area (Å²) in [5.74, 6) is 0.373. The second kappa shape index (κ2) is 10.9. The Bertz CT molecular complexity index is 1210. The summed E-state index contributed by atoms with van der Waals surface area (Å²) in [4.78, 5) is 24.9. The van der Waals surface area contributed by atoms with Crippen LogP contribution in [-0.4, -0.2) is 45.8 Å². The Balaban J connectivity index is 1.43. The quantitative estimate of drug-likeness (QED) is 0.461. The summed E-state index contributed by atoms with van der Waals surface area (Å²) >= 11 is 0. The van der Waals surface area contributed by atoms with Crippen LogP contribution in [0, 0.1) is 5.82 Å². The van der Waals surface area contributed by atoms with Gasteiger partial charge in [0.1, 0.15) is 11.3 Å². The monoisotopic (exact) mass is 493 g/mol. The van der Waals surface area contributed by atoms with Crippen molar-refractivity contribution in [3.8, 4) is 28.3 Å². The third-order valence-corrected chi connectivity index (χ3v) is 5.94. The molecule has 2 N–H and O–H groups in total. The summed E-state index contributed by atoms with van der Waals surface area (Å²) in [6.45, 7) is 5.53. The van der Waals surface area contributed by atoms with E-state index < -0.39 is 17.5 Å². The molecule has 2 aromatic heterocycles. The molecule has 0 atom stereocenters. The Labute approximate surface area is 210 Å². The third kappa shape index (κ3) is 6.47. The number of aromatic nitrogens is 3. The van der Waals surface area contributed by atoms with E-state index in [0.717, 1.165) is 36.8 Å². The van der Waals surface area contributed by atoms with Crippen molar-refractivity contribution in [2.45, 2.75) is 64.1 Å². The number of alkyl carbamates (subject to hydrolysis) is 1. The number of carbonyl (C=O) groups excluding carboxylic acids is 1. The van der Waals surface area contributed by atoms with Crippen LogP contribution in [0.5, 0.6) is 5.88 Å². The number of methoxy groups -OCH3 is 1. The van der Waals surface area contributed by atoms with Crippen LogP contribution in [0.15, 0.2) is 48.8 Å². The number of amides is 1. The van der Waals surface area contributed by atoms with Gasteiger partial charge in [0.25, 0.3) is 0 Å². The highest BCUT2D eigenvalue weighted by molar-refractivity contribution is 5.74. The van der Waals surface area contributed by atoms with Crippen molar-refractivity contribution in [1.29, 1.82) is 0 Å². The van der Waals surface area contributed by atoms with Crippen molar-refractivity contribution in [3.05, 3.63) is 54.6 Å². The van der Waals surface area contributed by atoms with Crippen LogP contribution in [0.1, 0.15) is 46.5 Å². The molecule has 0 bridgehead atoms. The molecule has 2 heterocycles. The third-order valence-electron chi connectivity index (χ3n) is 5.94. The highest BCUT2D eigenvalue weighted by atomic mass is 19.1. The first-order valence-corrected chi connectivity index (χ1v) is 12.1. The second-order valence-electron chi connectivity index (χ2n) is 9.87. The second-order valence-corrected chi connectivity index (χ2v) is 9.87. The molecule has 1 aliphatic carbocycles. The van der Waals surface area contributed by atoms with Gasteiger partial charge in [0.15, 0.2) is 5.82 Å². The van der Waals surface area contributed by atoms with E-state index in [-0.39, 0.29) is 17.8 Å². The Hall–Kier alpha value is -3.75. The normalized spacial score (nSPS) is 17.8. The Morgan fingerprint density at radius 3 is 2.47 bits per heavy atom. The van der Waals surface area contributed by atoms with E-state index in [0.29, 0.717) is 17.4 Å². The van der Waals surface area contributed by atoms with Gasteiger partial charge < -0.3 is 20.1 Å². The van der Waals surface area contributed by atoms with Gasteiger partial charge in [0, 0.05) is 29.4 Å². The fraction of sp³-hybridized carbons (Fsp3) is 0.407. The zero-order chi connectivity index (χ0) is 25.7. The van der Waals surface area contributed by atoms with E-state index in [1.165, 1.54) is 6.20 Å². The van der Waals surface area contributed by atoms with E-state index in [9.17, 15) is 9.18 Å². The van der Waals surface area contributed by atoms with Gasteiger partial charge in [-0.15, -0.1) is 0 Å². The number of nitrogens with one attached hydrogen (secondary N) is 2. The fourth-order valence-electron chi connectivity index (χ4n) is 4.29. The van der Waals surface area contributed by atoms with E-state index in [1.54, 1.807) is 13.3 Å². The summed E-state index contributed by atoms with van der Waals surface area (Å²) in [7, 11) is 1.57. The standard InChI is InChI=1S/C27H32FN5O3/c1-27(2,3)36-26(34)32-20-12-10-19(11-13-20)31-25-30-16-22(28)23(33-25)18-8-5-7-17(15-18)21-9-6-14-29-24(21)35-4/h5-9,14-16,19-20H,10-13H2,1-4H3,(H,32,34)(H,30,31,33). The number of anilines is 1. The highest BCUT2D eigenvalue weighted by Crippen LogP contribution is 2.31. The predicted octanol–water partition coefficient (Wildman–Crippen LogP) is 5.60. The summed E-state index contributed by atoms with van der Waals surface area (Å²) in [6.07, 6.45) is 5.73. The molecule has 4 rings (SSSR count). The van der Waals surface area contributed by atoms with Crippen LogP contribution < -0.4 is 15.4 Å². The minimum atomic E-state index is -0.524. The lowest BCUT2D eigenvalue weighted by Crippen LogP contribution is -2.42. The van der Waals surface area contributed by atoms with Crippen molar-refractivity contribution >= 4 is 12.0 Å². The molecule has 190 valence electrons. The number of rotatable bonds is 6. The molecular formula is C27H32FN5O3. The van der Waals surface area contributed by atoms with Gasteiger partial charge in [-0.3, -0.25) is 0 Å². The van der Waals surface area contributed by atoms with E-state index in [2.05, 4.69) is 25.6 Å². The lowest BCUT2D eigenvalue weighted by Gasteiger charge is -2.30. The predicted molar refractivity (Wildman–Crippen MR) is 136 cm³/mol. The molecule has 0 aliphatic heterocycles. The molecular weight excluding hydrogens is 461 g/mol. The molecule has 0 saturated heterocycles. The Morgan fingerprint density at radius 2 is 1.75 bits per heavy atom. The van der Waals surface area contributed by atoms with Crippen molar-refractivity contribution in [2.75, 3.05) is 12.4 Å². The number of benzene rings is 1. The first-order valence-electron chi connectivity index (χ1n) is 12.1. The molecule has 0 unspecified atom stereocenters. The van der Waals surface area contributed by atoms with Crippen molar-refractivity contribution in [2.24, 2.45) is 0 Å². The number of hydrogen-bond acceptors (Lipinski definition) is 7. The zero-order valence-electron chi connectivity index (χ0n) is 21.0. The zero-order valence-corrected chi connectivity index (χ0v) is 21.0. The first kappa shape index (κ1) is 25.3. The molecule has 1 aliphatic rings. The SMILES string of the molecule is COc1ncccc1-c1cccc(-c2nc(NC3CCC(NC(=O)OC(C)(C)C)CC3)ncc2F)c1. The Kier molecular flexibility index (Phi) is 7.67. The highest BCUT2D eigenvalue weighted by Gasteiger charge is 2.25. The van der Waals surface area contributed by atoms with Crippen LogP contribution in [-0.2, 0) is 4.74 Å². The van der Waals surface area contributed by atoms with Crippen molar-refractivity contribution in [1.82, 2.24) is 20.3 Å². The van der Waals surface area contributed by atoms with Crippen molar-refractivity contribution < 1.29 is 18.7 Å². The van der Waals surface area contributed by atoms with Gasteiger partial charge in [-0.05, 0) is 70.2 Å². The number of hydrogen-bond donors (Lipinski definition) is 2. The molecule has 1 fully saturated rings. The Morgan fingerprint density at radius 1 is 1.03 bits per heavy atom. The number of carbonyl (C=O) groups is 1. The number of nitrogens with zero attached hydrogens (tertiary/aromatic N) is 3. The molecule has 1 amide bonds. The number of ether oxygens (including phenoxy) is 2. The van der Waals surface area contributed by atoms with E-state index in [4.69, 9.17) is 9.47 Å². The lowest BCUT2D eigenvalue weighted by molar-refractivity contribution is 0.0492. The topological polar surface area (TPSA) is 98.3 Å². The average Bonchev–Trinajstić information content (AvgIpc) is 2.85. The summed E-state index contributed by atoms with van der Waals surface area (Å²) < 4.78 is 25.5. The number of halogens is 1. The van der Waals surface area contributed by atoms with Crippen LogP contribution in [0.2, 0.25) is 0 Å². The molecule has 3 aromatic rings. The first-order chi connectivity index (χ1) is 17.2. The summed E-state index contributed by atoms with van der Waals surface area (Å²) in [6, 6.07) is 11.4. The van der Waals surface area contributed by atoms with E-state index >= 15 is 0 Å². The molecule has 36 heavy (non-hydrogen) atoms. The van der Waals surface area contributed by atoms with Gasteiger partial charge in [-0.25, -0.2) is 24.1 Å². The van der Waals surface area contributed by atoms with Gasteiger partial charge >= 0.3 is 6.09 Å². The van der Waals surface area contributed by atoms with Gasteiger partial charge in [-0.1, -0.05) is 18.2 Å². The maximum absolute atomic E-state index is 14.8. The lowest BCUT2D eigenvalue weighted by atomic mass is 9.91. The van der Waals surface area contributed by atoms with Gasteiger partial charge in [0.2, 0.25) is 11.8 Å². The van der Waals surface area contributed by atoms with Crippen LogP contribution in [0.4, 0.5) is 15.1 Å². The number of pyridine rings is 1. The van der Waals surface area contributed by atoms with Gasteiger partial charge in [-0.2, -0.15) is 0 Å². The molecule has 1 saturated carbocycles. The fourth-order valence-corrected chi connectivity index (χ4v) is 4.29. The maximum Gasteiger partial charge on any atom is 0.407 e. The molecule has 0 radical (unpaired) electrons. The minimum absolute atomic E-state index is 0.0646. The maximum atomic E-state index is 14.8.